The lowest BCUT2D eigenvalue weighted by atomic mass is 9.86. The Morgan fingerprint density at radius 1 is 1.28 bits per heavy atom. The first kappa shape index (κ1) is 13.9. The molecule has 1 aromatic carbocycles. The lowest BCUT2D eigenvalue weighted by molar-refractivity contribution is 0.126. The number of aliphatic hydroxyl groups excluding tert-OH is 1. The third-order valence-corrected chi connectivity index (χ3v) is 4.35. The summed E-state index contributed by atoms with van der Waals surface area (Å²) in [5.74, 6) is 1.72. The van der Waals surface area contributed by atoms with Crippen LogP contribution in [0.1, 0.15) is 44.6 Å². The molecule has 0 bridgehead atoms. The average Bonchev–Trinajstić information content (AvgIpc) is 2.41. The molecule has 0 saturated heterocycles. The number of halogens is 1. The minimum atomic E-state index is 0.0269. The molecular weight excluding hydrogens is 292 g/mol. The molecule has 3 heteroatoms. The van der Waals surface area contributed by atoms with Crippen LogP contribution in [0.2, 0.25) is 0 Å². The fourth-order valence-electron chi connectivity index (χ4n) is 2.62. The molecule has 0 radical (unpaired) electrons. The van der Waals surface area contributed by atoms with Gasteiger partial charge in [-0.1, -0.05) is 29.3 Å². The van der Waals surface area contributed by atoms with E-state index in [-0.39, 0.29) is 6.61 Å². The maximum absolute atomic E-state index is 9.35. The second-order valence-electron chi connectivity index (χ2n) is 5.08. The summed E-state index contributed by atoms with van der Waals surface area (Å²) in [5, 5.41) is 9.35. The molecule has 100 valence electrons. The van der Waals surface area contributed by atoms with Crippen LogP contribution in [0.4, 0.5) is 0 Å². The highest BCUT2D eigenvalue weighted by atomic mass is 79.9. The molecule has 18 heavy (non-hydrogen) atoms. The van der Waals surface area contributed by atoms with Crippen molar-refractivity contribution in [3.8, 4) is 5.75 Å². The lowest BCUT2D eigenvalue weighted by Gasteiger charge is -2.29. The average molecular weight is 313 g/mol. The van der Waals surface area contributed by atoms with Crippen molar-refractivity contribution in [2.45, 2.75) is 51.7 Å². The Labute approximate surface area is 117 Å². The number of aliphatic hydroxyl groups is 1. The molecule has 1 N–H and O–H groups in total. The molecule has 0 atom stereocenters. The van der Waals surface area contributed by atoms with Crippen molar-refractivity contribution in [3.63, 3.8) is 0 Å². The van der Waals surface area contributed by atoms with Crippen LogP contribution < -0.4 is 4.74 Å². The summed E-state index contributed by atoms with van der Waals surface area (Å²) >= 11 is 3.41. The van der Waals surface area contributed by atoms with Gasteiger partial charge >= 0.3 is 0 Å². The van der Waals surface area contributed by atoms with Gasteiger partial charge in [-0.05, 0) is 49.8 Å². The monoisotopic (exact) mass is 312 g/mol. The summed E-state index contributed by atoms with van der Waals surface area (Å²) in [7, 11) is 0. The fraction of sp³-hybridized carbons (Fsp3) is 0.600. The number of benzene rings is 1. The number of rotatable bonds is 4. The van der Waals surface area contributed by atoms with Gasteiger partial charge in [-0.2, -0.15) is 0 Å². The van der Waals surface area contributed by atoms with Gasteiger partial charge in [0, 0.05) is 10.0 Å². The van der Waals surface area contributed by atoms with Crippen LogP contribution in [-0.2, 0) is 6.61 Å². The molecule has 1 aliphatic carbocycles. The van der Waals surface area contributed by atoms with Crippen molar-refractivity contribution < 1.29 is 9.84 Å². The molecule has 1 saturated carbocycles. The van der Waals surface area contributed by atoms with E-state index in [2.05, 4.69) is 22.9 Å². The van der Waals surface area contributed by atoms with Gasteiger partial charge in [0.15, 0.2) is 0 Å². The lowest BCUT2D eigenvalue weighted by Crippen LogP contribution is -2.24. The van der Waals surface area contributed by atoms with E-state index in [1.807, 2.05) is 18.2 Å². The van der Waals surface area contributed by atoms with Crippen LogP contribution in [0.3, 0.4) is 0 Å². The van der Waals surface area contributed by atoms with Crippen LogP contribution in [-0.4, -0.2) is 11.2 Å². The molecule has 0 heterocycles. The second kappa shape index (κ2) is 6.58. The molecule has 2 rings (SSSR count). The molecule has 1 aliphatic rings. The van der Waals surface area contributed by atoms with Crippen LogP contribution in [0.5, 0.6) is 5.75 Å². The molecule has 0 spiro atoms. The number of hydrogen-bond donors (Lipinski definition) is 1. The Morgan fingerprint density at radius 2 is 2.00 bits per heavy atom. The Bertz CT molecular complexity index is 384. The first-order chi connectivity index (χ1) is 8.72. The molecular formula is C15H21BrO2. The normalized spacial score (nSPS) is 23.9. The highest BCUT2D eigenvalue weighted by Crippen LogP contribution is 2.31. The van der Waals surface area contributed by atoms with Gasteiger partial charge in [0.25, 0.3) is 0 Å². The summed E-state index contributed by atoms with van der Waals surface area (Å²) < 4.78 is 7.02. The predicted octanol–water partition coefficient (Wildman–Crippen LogP) is 4.29. The number of ether oxygens (including phenoxy) is 1. The first-order valence-electron chi connectivity index (χ1n) is 6.78. The highest BCUT2D eigenvalue weighted by Gasteiger charge is 2.21. The molecule has 0 amide bonds. The smallest absolute Gasteiger partial charge is 0.125 e. The van der Waals surface area contributed by atoms with E-state index in [9.17, 15) is 5.11 Å². The minimum Gasteiger partial charge on any atom is -0.490 e. The van der Waals surface area contributed by atoms with Gasteiger partial charge in [-0.15, -0.1) is 0 Å². The summed E-state index contributed by atoms with van der Waals surface area (Å²) in [6.45, 7) is 2.30. The maximum atomic E-state index is 9.35. The van der Waals surface area contributed by atoms with Crippen molar-refractivity contribution >= 4 is 15.9 Å². The van der Waals surface area contributed by atoms with Gasteiger partial charge in [-0.25, -0.2) is 0 Å². The van der Waals surface area contributed by atoms with Crippen molar-refractivity contribution in [1.82, 2.24) is 0 Å². The molecule has 1 aromatic rings. The minimum absolute atomic E-state index is 0.0269. The van der Waals surface area contributed by atoms with Crippen LogP contribution >= 0.6 is 15.9 Å². The SMILES string of the molecule is CCC1CCC(Oc2ccc(Br)cc2CO)CC1. The van der Waals surface area contributed by atoms with Gasteiger partial charge in [0.1, 0.15) is 5.75 Å². The predicted molar refractivity (Wildman–Crippen MR) is 76.7 cm³/mol. The van der Waals surface area contributed by atoms with Crippen LogP contribution in [0, 0.1) is 5.92 Å². The van der Waals surface area contributed by atoms with E-state index in [0.29, 0.717) is 6.10 Å². The zero-order valence-corrected chi connectivity index (χ0v) is 12.4. The Balaban J connectivity index is 1.97. The third-order valence-electron chi connectivity index (χ3n) is 3.86. The standard InChI is InChI=1S/C15H21BrO2/c1-2-11-3-6-14(7-4-11)18-15-8-5-13(16)9-12(15)10-17/h5,8-9,11,14,17H,2-4,6-7,10H2,1H3. The highest BCUT2D eigenvalue weighted by molar-refractivity contribution is 9.10. The quantitative estimate of drug-likeness (QED) is 0.898. The Morgan fingerprint density at radius 3 is 2.61 bits per heavy atom. The van der Waals surface area contributed by atoms with E-state index < -0.39 is 0 Å². The molecule has 2 nitrogen and oxygen atoms in total. The Hall–Kier alpha value is -0.540. The van der Waals surface area contributed by atoms with Gasteiger partial charge in [-0.3, -0.25) is 0 Å². The van der Waals surface area contributed by atoms with Crippen molar-refractivity contribution in [2.24, 2.45) is 5.92 Å². The van der Waals surface area contributed by atoms with E-state index >= 15 is 0 Å². The fourth-order valence-corrected chi connectivity index (χ4v) is 3.03. The zero-order chi connectivity index (χ0) is 13.0. The third kappa shape index (κ3) is 3.48. The molecule has 0 unspecified atom stereocenters. The Kier molecular flexibility index (Phi) is 5.07. The second-order valence-corrected chi connectivity index (χ2v) is 5.99. The van der Waals surface area contributed by atoms with Crippen LogP contribution in [0.25, 0.3) is 0 Å². The largest absolute Gasteiger partial charge is 0.490 e. The number of hydrogen-bond acceptors (Lipinski definition) is 2. The summed E-state index contributed by atoms with van der Waals surface area (Å²) in [6, 6.07) is 5.83. The van der Waals surface area contributed by atoms with E-state index in [4.69, 9.17) is 4.74 Å². The van der Waals surface area contributed by atoms with E-state index in [1.165, 1.54) is 19.3 Å². The molecule has 1 fully saturated rings. The van der Waals surface area contributed by atoms with E-state index in [1.54, 1.807) is 0 Å². The molecule has 0 aromatic heterocycles. The topological polar surface area (TPSA) is 29.5 Å². The van der Waals surface area contributed by atoms with Crippen molar-refractivity contribution in [2.75, 3.05) is 0 Å². The van der Waals surface area contributed by atoms with Crippen molar-refractivity contribution in [1.29, 1.82) is 0 Å². The zero-order valence-electron chi connectivity index (χ0n) is 10.9. The summed E-state index contributed by atoms with van der Waals surface area (Å²) in [6.07, 6.45) is 6.42. The maximum Gasteiger partial charge on any atom is 0.125 e. The summed E-state index contributed by atoms with van der Waals surface area (Å²) in [4.78, 5) is 0. The van der Waals surface area contributed by atoms with Gasteiger partial charge in [0.2, 0.25) is 0 Å². The first-order valence-corrected chi connectivity index (χ1v) is 7.58. The van der Waals surface area contributed by atoms with Gasteiger partial charge in [0.05, 0.1) is 12.7 Å². The molecule has 0 aliphatic heterocycles. The van der Waals surface area contributed by atoms with Gasteiger partial charge < -0.3 is 9.84 Å². The van der Waals surface area contributed by atoms with Crippen LogP contribution in [0.15, 0.2) is 22.7 Å². The van der Waals surface area contributed by atoms with E-state index in [0.717, 1.165) is 34.5 Å². The summed E-state index contributed by atoms with van der Waals surface area (Å²) in [5.41, 5.74) is 0.863. The van der Waals surface area contributed by atoms with Crippen molar-refractivity contribution in [3.05, 3.63) is 28.2 Å².